The standard InChI is InChI=1S/C19H32N2O4/c1-18(2,3)14-10-13(17(20)21-22)11-15(19(4,5)6)16(14)25-12-24-9-8-23-7/h10-11,22H,8-9,12H2,1-7H3,(H2,20,21). The van der Waals surface area contributed by atoms with Crippen LogP contribution in [0.15, 0.2) is 17.3 Å². The Labute approximate surface area is 150 Å². The van der Waals surface area contributed by atoms with E-state index in [0.717, 1.165) is 16.9 Å². The first-order valence-corrected chi connectivity index (χ1v) is 8.38. The van der Waals surface area contributed by atoms with Crippen LogP contribution in [0.1, 0.15) is 58.2 Å². The first-order valence-electron chi connectivity index (χ1n) is 8.38. The molecule has 0 spiro atoms. The molecule has 0 radical (unpaired) electrons. The molecule has 1 aromatic rings. The first kappa shape index (κ1) is 21.3. The maximum Gasteiger partial charge on any atom is 0.189 e. The maximum atomic E-state index is 9.07. The molecule has 0 aromatic heterocycles. The Morgan fingerprint density at radius 2 is 1.56 bits per heavy atom. The molecule has 0 bridgehead atoms. The lowest BCUT2D eigenvalue weighted by Gasteiger charge is -2.30. The zero-order chi connectivity index (χ0) is 19.3. The van der Waals surface area contributed by atoms with Gasteiger partial charge in [-0.25, -0.2) is 0 Å². The van der Waals surface area contributed by atoms with Crippen molar-refractivity contribution in [3.8, 4) is 5.75 Å². The van der Waals surface area contributed by atoms with Crippen LogP contribution in [0.4, 0.5) is 0 Å². The third kappa shape index (κ3) is 5.90. The van der Waals surface area contributed by atoms with E-state index in [9.17, 15) is 0 Å². The number of oxime groups is 1. The molecule has 0 atom stereocenters. The summed E-state index contributed by atoms with van der Waals surface area (Å²) in [6.45, 7) is 13.7. The van der Waals surface area contributed by atoms with Crippen LogP contribution < -0.4 is 10.5 Å². The quantitative estimate of drug-likeness (QED) is 0.196. The van der Waals surface area contributed by atoms with Crippen molar-refractivity contribution >= 4 is 5.84 Å². The Morgan fingerprint density at radius 3 is 1.96 bits per heavy atom. The fourth-order valence-electron chi connectivity index (χ4n) is 2.41. The van der Waals surface area contributed by atoms with Crippen molar-refractivity contribution < 1.29 is 19.4 Å². The lowest BCUT2D eigenvalue weighted by molar-refractivity contribution is -0.00992. The molecule has 0 fully saturated rings. The van der Waals surface area contributed by atoms with Crippen molar-refractivity contribution in [3.63, 3.8) is 0 Å². The fourth-order valence-corrected chi connectivity index (χ4v) is 2.41. The van der Waals surface area contributed by atoms with Crippen molar-refractivity contribution in [1.29, 1.82) is 0 Å². The Kier molecular flexibility index (Phi) is 7.26. The van der Waals surface area contributed by atoms with Gasteiger partial charge in [0.25, 0.3) is 0 Å². The second kappa shape index (κ2) is 8.54. The monoisotopic (exact) mass is 352 g/mol. The van der Waals surface area contributed by atoms with Crippen molar-refractivity contribution in [2.45, 2.75) is 52.4 Å². The molecule has 1 aromatic carbocycles. The number of amidine groups is 1. The number of benzene rings is 1. The minimum Gasteiger partial charge on any atom is -0.467 e. The molecule has 0 aliphatic carbocycles. The van der Waals surface area contributed by atoms with Gasteiger partial charge in [0.15, 0.2) is 12.6 Å². The average molecular weight is 352 g/mol. The molecule has 6 heteroatoms. The van der Waals surface area contributed by atoms with E-state index in [1.54, 1.807) is 7.11 Å². The molecule has 25 heavy (non-hydrogen) atoms. The molecule has 0 saturated heterocycles. The molecule has 6 nitrogen and oxygen atoms in total. The van der Waals surface area contributed by atoms with Crippen molar-refractivity contribution in [2.75, 3.05) is 27.1 Å². The summed E-state index contributed by atoms with van der Waals surface area (Å²) in [5.41, 5.74) is 8.11. The Morgan fingerprint density at radius 1 is 1.04 bits per heavy atom. The number of hydrogen-bond acceptors (Lipinski definition) is 5. The van der Waals surface area contributed by atoms with E-state index in [4.69, 9.17) is 25.2 Å². The Hall–Kier alpha value is -1.79. The summed E-state index contributed by atoms with van der Waals surface area (Å²) in [4.78, 5) is 0. The van der Waals surface area contributed by atoms with Gasteiger partial charge in [-0.15, -0.1) is 0 Å². The predicted octanol–water partition coefficient (Wildman–Crippen LogP) is 3.38. The lowest BCUT2D eigenvalue weighted by atomic mass is 9.78. The van der Waals surface area contributed by atoms with Crippen LogP contribution >= 0.6 is 0 Å². The first-order chi connectivity index (χ1) is 11.5. The topological polar surface area (TPSA) is 86.3 Å². The van der Waals surface area contributed by atoms with E-state index in [1.807, 2.05) is 12.1 Å². The minimum absolute atomic E-state index is 0.0823. The Balaban J connectivity index is 3.38. The summed E-state index contributed by atoms with van der Waals surface area (Å²) in [7, 11) is 1.63. The summed E-state index contributed by atoms with van der Waals surface area (Å²) in [6.07, 6.45) is 0. The Bertz CT molecular complexity index is 563. The smallest absolute Gasteiger partial charge is 0.189 e. The van der Waals surface area contributed by atoms with Crippen molar-refractivity contribution in [3.05, 3.63) is 28.8 Å². The van der Waals surface area contributed by atoms with E-state index in [1.165, 1.54) is 0 Å². The molecule has 142 valence electrons. The third-order valence-corrected chi connectivity index (χ3v) is 3.83. The van der Waals surface area contributed by atoms with Gasteiger partial charge < -0.3 is 25.2 Å². The van der Waals surface area contributed by atoms with Gasteiger partial charge in [-0.1, -0.05) is 46.7 Å². The van der Waals surface area contributed by atoms with E-state index in [0.29, 0.717) is 18.8 Å². The van der Waals surface area contributed by atoms with Crippen molar-refractivity contribution in [1.82, 2.24) is 0 Å². The van der Waals surface area contributed by atoms with Gasteiger partial charge in [0.2, 0.25) is 0 Å². The van der Waals surface area contributed by atoms with E-state index >= 15 is 0 Å². The summed E-state index contributed by atoms with van der Waals surface area (Å²) >= 11 is 0. The number of ether oxygens (including phenoxy) is 3. The number of nitrogens with zero attached hydrogens (tertiary/aromatic N) is 1. The highest BCUT2D eigenvalue weighted by Gasteiger charge is 2.28. The van der Waals surface area contributed by atoms with Crippen LogP contribution in [0.3, 0.4) is 0 Å². The van der Waals surface area contributed by atoms with Gasteiger partial charge in [-0.05, 0) is 23.0 Å². The molecule has 3 N–H and O–H groups in total. The van der Waals surface area contributed by atoms with Crippen LogP contribution in [0.25, 0.3) is 0 Å². The predicted molar refractivity (Wildman–Crippen MR) is 99.7 cm³/mol. The summed E-state index contributed by atoms with van der Waals surface area (Å²) in [5, 5.41) is 12.2. The van der Waals surface area contributed by atoms with Crippen LogP contribution in [0.5, 0.6) is 5.75 Å². The molecule has 0 saturated carbocycles. The minimum atomic E-state index is -0.187. The molecule has 0 amide bonds. The molecule has 0 heterocycles. The van der Waals surface area contributed by atoms with Crippen LogP contribution in [0.2, 0.25) is 0 Å². The largest absolute Gasteiger partial charge is 0.467 e. The SMILES string of the molecule is COCCOCOc1c(C(C)(C)C)cc(/C(N)=N\O)cc1C(C)(C)C. The third-order valence-electron chi connectivity index (χ3n) is 3.83. The number of rotatable bonds is 7. The van der Waals surface area contributed by atoms with Gasteiger partial charge in [0.1, 0.15) is 5.75 Å². The summed E-state index contributed by atoms with van der Waals surface area (Å²) < 4.78 is 16.5. The summed E-state index contributed by atoms with van der Waals surface area (Å²) in [5.74, 6) is 0.866. The van der Waals surface area contributed by atoms with E-state index in [2.05, 4.69) is 46.7 Å². The molecule has 1 rings (SSSR count). The van der Waals surface area contributed by atoms with Gasteiger partial charge in [0, 0.05) is 23.8 Å². The highest BCUT2D eigenvalue weighted by Crippen LogP contribution is 2.40. The molecular weight excluding hydrogens is 320 g/mol. The van der Waals surface area contributed by atoms with Crippen LogP contribution in [-0.4, -0.2) is 38.2 Å². The summed E-state index contributed by atoms with van der Waals surface area (Å²) in [6, 6.07) is 3.82. The fraction of sp³-hybridized carbons (Fsp3) is 0.632. The highest BCUT2D eigenvalue weighted by atomic mass is 16.7. The average Bonchev–Trinajstić information content (AvgIpc) is 2.51. The maximum absolute atomic E-state index is 9.07. The van der Waals surface area contributed by atoms with E-state index < -0.39 is 0 Å². The van der Waals surface area contributed by atoms with Crippen LogP contribution in [-0.2, 0) is 20.3 Å². The zero-order valence-corrected chi connectivity index (χ0v) is 16.5. The molecule has 0 aliphatic rings. The van der Waals surface area contributed by atoms with Gasteiger partial charge in [-0.2, -0.15) is 0 Å². The zero-order valence-electron chi connectivity index (χ0n) is 16.5. The normalized spacial score (nSPS) is 13.2. The second-order valence-corrected chi connectivity index (χ2v) is 8.05. The van der Waals surface area contributed by atoms with Gasteiger partial charge >= 0.3 is 0 Å². The van der Waals surface area contributed by atoms with Gasteiger partial charge in [-0.3, -0.25) is 0 Å². The number of hydrogen-bond donors (Lipinski definition) is 2. The molecule has 0 unspecified atom stereocenters. The lowest BCUT2D eigenvalue weighted by Crippen LogP contribution is -2.23. The molecular formula is C19H32N2O4. The number of methoxy groups -OCH3 is 1. The second-order valence-electron chi connectivity index (χ2n) is 8.05. The number of nitrogens with two attached hydrogens (primary N) is 1. The van der Waals surface area contributed by atoms with Gasteiger partial charge in [0.05, 0.1) is 13.2 Å². The highest BCUT2D eigenvalue weighted by molar-refractivity contribution is 5.97. The van der Waals surface area contributed by atoms with E-state index in [-0.39, 0.29) is 23.5 Å². The van der Waals surface area contributed by atoms with Crippen molar-refractivity contribution in [2.24, 2.45) is 10.9 Å². The molecule has 0 aliphatic heterocycles. The van der Waals surface area contributed by atoms with Crippen LogP contribution in [0, 0.1) is 0 Å².